The highest BCUT2D eigenvalue weighted by atomic mass is 16.8. The van der Waals surface area contributed by atoms with Gasteiger partial charge in [-0.2, -0.15) is 0 Å². The molecule has 30 heteroatoms. The Kier molecular flexibility index (Phi) is 20.8. The zero-order chi connectivity index (χ0) is 52.3. The maximum absolute atomic E-state index is 13.1. The van der Waals surface area contributed by atoms with Gasteiger partial charge >= 0.3 is 0 Å². The number of aliphatic hydroxyl groups is 16. The molecule has 412 valence electrons. The lowest BCUT2D eigenvalue weighted by atomic mass is 9.93. The van der Waals surface area contributed by atoms with E-state index >= 15 is 0 Å². The average molecular weight is 1040 g/mol. The minimum Gasteiger partial charge on any atom is -0.394 e. The van der Waals surface area contributed by atoms with Crippen molar-refractivity contribution in [2.45, 2.75) is 205 Å². The number of hydrogen-bond donors (Lipinski definition) is 17. The van der Waals surface area contributed by atoms with E-state index in [4.69, 9.17) is 56.8 Å². The molecule has 6 fully saturated rings. The van der Waals surface area contributed by atoms with Gasteiger partial charge in [-0.1, -0.05) is 6.08 Å². The van der Waals surface area contributed by atoms with E-state index in [1.807, 2.05) is 0 Å². The highest BCUT2D eigenvalue weighted by molar-refractivity contribution is 5.73. The summed E-state index contributed by atoms with van der Waals surface area (Å²) in [5.41, 5.74) is 0. The van der Waals surface area contributed by atoms with Crippen LogP contribution in [0.1, 0.15) is 20.8 Å². The van der Waals surface area contributed by atoms with Crippen LogP contribution in [0, 0.1) is 0 Å². The summed E-state index contributed by atoms with van der Waals surface area (Å²) < 4.78 is 70.2. The van der Waals surface area contributed by atoms with Gasteiger partial charge in [0.25, 0.3) is 0 Å². The summed E-state index contributed by atoms with van der Waals surface area (Å²) in [7, 11) is 0. The topological polar surface area (TPSA) is 464 Å². The van der Waals surface area contributed by atoms with E-state index in [1.165, 1.54) is 19.9 Å². The number of aliphatic hydroxyl groups excluding tert-OH is 16. The third-order valence-corrected chi connectivity index (χ3v) is 13.1. The third kappa shape index (κ3) is 12.5. The molecule has 0 aliphatic carbocycles. The number of ether oxygens (including phenoxy) is 12. The number of rotatable bonds is 18. The summed E-state index contributed by atoms with van der Waals surface area (Å²) >= 11 is 0. The number of hydrogen-bond acceptors (Lipinski definition) is 29. The minimum absolute atomic E-state index is 0.134. The first-order chi connectivity index (χ1) is 33.6. The van der Waals surface area contributed by atoms with Gasteiger partial charge in [0.1, 0.15) is 134 Å². The van der Waals surface area contributed by atoms with E-state index in [0.29, 0.717) is 0 Å². The molecule has 0 unspecified atom stereocenters. The van der Waals surface area contributed by atoms with Crippen molar-refractivity contribution in [3.8, 4) is 0 Å². The van der Waals surface area contributed by atoms with Crippen LogP contribution in [0.2, 0.25) is 0 Å². The van der Waals surface area contributed by atoms with Crippen LogP contribution in [0.15, 0.2) is 12.7 Å². The van der Waals surface area contributed by atoms with Crippen LogP contribution in [-0.2, 0) is 61.6 Å². The molecule has 6 rings (SSSR count). The lowest BCUT2D eigenvalue weighted by Gasteiger charge is -2.52. The summed E-state index contributed by atoms with van der Waals surface area (Å²) in [5.74, 6) is -0.887. The number of nitrogens with one attached hydrogen (secondary N) is 1. The third-order valence-electron chi connectivity index (χ3n) is 13.1. The van der Waals surface area contributed by atoms with Crippen LogP contribution in [0.4, 0.5) is 0 Å². The molecule has 0 saturated carbocycles. The Hall–Kier alpha value is -1.91. The van der Waals surface area contributed by atoms with Gasteiger partial charge in [0.15, 0.2) is 37.7 Å². The molecule has 0 radical (unpaired) electrons. The molecule has 6 saturated heterocycles. The second kappa shape index (κ2) is 25.3. The van der Waals surface area contributed by atoms with Gasteiger partial charge in [0.05, 0.1) is 45.2 Å². The molecule has 0 bridgehead atoms. The molecule has 0 aromatic carbocycles. The molecule has 30 atom stereocenters. The minimum atomic E-state index is -2.17. The fourth-order valence-electron chi connectivity index (χ4n) is 9.07. The van der Waals surface area contributed by atoms with Crippen LogP contribution >= 0.6 is 0 Å². The van der Waals surface area contributed by atoms with Gasteiger partial charge in [-0.3, -0.25) is 4.79 Å². The smallest absolute Gasteiger partial charge is 0.217 e. The summed E-state index contributed by atoms with van der Waals surface area (Å²) in [6, 6.07) is -1.85. The van der Waals surface area contributed by atoms with Crippen molar-refractivity contribution in [2.75, 3.05) is 33.0 Å². The summed E-state index contributed by atoms with van der Waals surface area (Å²) in [6.45, 7) is 3.11. The fraction of sp³-hybridized carbons (Fsp3) is 0.927. The standard InChI is InChI=1S/C41H69NO29/c1-5-6-60-37-29(58)26(55)31(16(9-45)66-37)67-40-30(59)34(22(51)15(8-44)63-40)70-36-18(42-13(4)47)33(32(17(10-46)65-36)68-38-27(56)23(52)19(48)11(2)61-38)69-41-35(25(54)21(50)14(7-43)64-41)71-39-28(57)24(53)20(49)12(3)62-39/h5,11-12,14-41,43-46,48-59H,1,6-10H2,2-4H3,(H,42,47)/t11-,12-,14+,15+,16+,17+,18+,19+,20+,21-,22-,23+,24+,25-,26+,27-,28-,29+,30+,31+,32+,33+,34-,35+,36-,37+,38-,39-,40-,41-/m0/s1. The molecule has 6 aliphatic rings. The number of amides is 1. The molecule has 0 aromatic rings. The number of carbonyl (C=O) groups excluding carboxylic acids is 1. The van der Waals surface area contributed by atoms with Crippen molar-refractivity contribution in [3.05, 3.63) is 12.7 Å². The Morgan fingerprint density at radius 1 is 0.437 bits per heavy atom. The van der Waals surface area contributed by atoms with Gasteiger partial charge in [-0.15, -0.1) is 6.58 Å². The van der Waals surface area contributed by atoms with Crippen LogP contribution in [0.25, 0.3) is 0 Å². The zero-order valence-corrected chi connectivity index (χ0v) is 38.6. The Labute approximate surface area is 404 Å². The SMILES string of the molecule is C=CCO[C@@H]1O[C@H](CO)[C@@H](O[C@@H]2O[C@H](CO)[C@H](O)[C@H](O[C@@H]3O[C@H](CO)[C@@H](O[C@@H]4O[C@@H](C)[C@@H](O)[C@@H](O)[C@@H]4O)[C@H](O[C@@H]4O[C@H](CO)[C@H](O)[C@H](O)[C@H]4O[C@@H]4O[C@@H](C)[C@@H](O)[C@@H](O)[C@@H]4O)[C@H]3NC(C)=O)[C@H]2O)[C@H](O)[C@H]1O. The second-order valence-electron chi connectivity index (χ2n) is 18.1. The lowest BCUT2D eigenvalue weighted by Crippen LogP contribution is -2.71. The van der Waals surface area contributed by atoms with E-state index in [9.17, 15) is 86.5 Å². The molecule has 6 heterocycles. The van der Waals surface area contributed by atoms with Crippen molar-refractivity contribution >= 4 is 5.91 Å². The van der Waals surface area contributed by atoms with Crippen LogP contribution in [-0.4, -0.2) is 305 Å². The molecular formula is C41H69NO29. The molecule has 71 heavy (non-hydrogen) atoms. The van der Waals surface area contributed by atoms with Crippen LogP contribution in [0.5, 0.6) is 0 Å². The highest BCUT2D eigenvalue weighted by Gasteiger charge is 2.59. The summed E-state index contributed by atoms with van der Waals surface area (Å²) in [6.07, 6.45) is -51.6. The van der Waals surface area contributed by atoms with E-state index in [0.717, 1.165) is 6.92 Å². The Morgan fingerprint density at radius 3 is 1.38 bits per heavy atom. The summed E-state index contributed by atoms with van der Waals surface area (Å²) in [4.78, 5) is 13.1. The van der Waals surface area contributed by atoms with E-state index in [1.54, 1.807) is 0 Å². The monoisotopic (exact) mass is 1040 g/mol. The van der Waals surface area contributed by atoms with E-state index < -0.39 is 217 Å². The fourth-order valence-corrected chi connectivity index (χ4v) is 9.07. The first-order valence-electron chi connectivity index (χ1n) is 22.9. The molecule has 0 aromatic heterocycles. The van der Waals surface area contributed by atoms with Crippen LogP contribution in [0.3, 0.4) is 0 Å². The maximum atomic E-state index is 13.1. The van der Waals surface area contributed by atoms with Crippen molar-refractivity contribution < 1.29 is 143 Å². The molecule has 1 amide bonds. The largest absolute Gasteiger partial charge is 0.394 e. The average Bonchev–Trinajstić information content (AvgIpc) is 3.34. The molecule has 6 aliphatic heterocycles. The van der Waals surface area contributed by atoms with Crippen molar-refractivity contribution in [1.82, 2.24) is 5.32 Å². The highest BCUT2D eigenvalue weighted by Crippen LogP contribution is 2.38. The predicted octanol–water partition coefficient (Wildman–Crippen LogP) is -10.7. The first-order valence-corrected chi connectivity index (χ1v) is 22.9. The Balaban J connectivity index is 1.37. The lowest BCUT2D eigenvalue weighted by molar-refractivity contribution is -0.400. The molecule has 30 nitrogen and oxygen atoms in total. The Bertz CT molecular complexity index is 1680. The molecule has 17 N–H and O–H groups in total. The molecule has 0 spiro atoms. The summed E-state index contributed by atoms with van der Waals surface area (Å²) in [5, 5.41) is 176. The van der Waals surface area contributed by atoms with Gasteiger partial charge in [-0.05, 0) is 13.8 Å². The van der Waals surface area contributed by atoms with E-state index in [-0.39, 0.29) is 6.61 Å². The Morgan fingerprint density at radius 2 is 0.845 bits per heavy atom. The van der Waals surface area contributed by atoms with Crippen LogP contribution < -0.4 is 5.32 Å². The van der Waals surface area contributed by atoms with Gasteiger partial charge < -0.3 is 144 Å². The van der Waals surface area contributed by atoms with E-state index in [2.05, 4.69) is 11.9 Å². The van der Waals surface area contributed by atoms with Crippen molar-refractivity contribution in [2.24, 2.45) is 0 Å². The first kappa shape index (κ1) is 58.4. The number of carbonyl (C=O) groups is 1. The zero-order valence-electron chi connectivity index (χ0n) is 38.6. The second-order valence-corrected chi connectivity index (χ2v) is 18.1. The maximum Gasteiger partial charge on any atom is 0.217 e. The van der Waals surface area contributed by atoms with Gasteiger partial charge in [0, 0.05) is 6.92 Å². The van der Waals surface area contributed by atoms with Gasteiger partial charge in [-0.25, -0.2) is 0 Å². The van der Waals surface area contributed by atoms with Crippen molar-refractivity contribution in [3.63, 3.8) is 0 Å². The predicted molar refractivity (Wildman–Crippen MR) is 222 cm³/mol. The quantitative estimate of drug-likeness (QED) is 0.0567. The van der Waals surface area contributed by atoms with Gasteiger partial charge in [0.2, 0.25) is 5.91 Å². The van der Waals surface area contributed by atoms with Crippen molar-refractivity contribution in [1.29, 1.82) is 0 Å². The molecular weight excluding hydrogens is 970 g/mol. The normalized spacial score (nSPS) is 50.9.